The highest BCUT2D eigenvalue weighted by molar-refractivity contribution is 6.42. The number of nitrogens with one attached hydrogen (secondary N) is 1. The van der Waals surface area contributed by atoms with Crippen molar-refractivity contribution in [3.05, 3.63) is 33.8 Å². The van der Waals surface area contributed by atoms with Crippen molar-refractivity contribution < 1.29 is 4.74 Å². The lowest BCUT2D eigenvalue weighted by atomic mass is 9.68. The van der Waals surface area contributed by atoms with Crippen LogP contribution in [0.4, 0.5) is 0 Å². The second-order valence-corrected chi connectivity index (χ2v) is 6.21. The number of hydrogen-bond acceptors (Lipinski definition) is 2. The Labute approximate surface area is 125 Å². The molecule has 0 amide bonds. The Balaban J connectivity index is 2.34. The molecule has 106 valence electrons. The topological polar surface area (TPSA) is 21.3 Å². The number of ether oxygens (including phenoxy) is 1. The number of likely N-dealkylation sites (N-methyl/N-ethyl adjacent to an activating group) is 1. The zero-order valence-corrected chi connectivity index (χ0v) is 13.0. The Hall–Kier alpha value is -0.280. The minimum atomic E-state index is 0.0991. The average molecular weight is 302 g/mol. The van der Waals surface area contributed by atoms with Gasteiger partial charge in [-0.25, -0.2) is 0 Å². The number of methoxy groups -OCH3 is 1. The SMILES string of the molecule is CNCC1(c2ccc(Cl)c(Cl)c2)CCCC(OC)C1. The van der Waals surface area contributed by atoms with Crippen LogP contribution in [0, 0.1) is 0 Å². The van der Waals surface area contributed by atoms with Gasteiger partial charge in [0.15, 0.2) is 0 Å². The van der Waals surface area contributed by atoms with Crippen LogP contribution >= 0.6 is 23.2 Å². The Bertz CT molecular complexity index is 434. The molecule has 1 aliphatic rings. The molecule has 0 bridgehead atoms. The molecule has 2 unspecified atom stereocenters. The van der Waals surface area contributed by atoms with E-state index >= 15 is 0 Å². The molecule has 4 heteroatoms. The maximum Gasteiger partial charge on any atom is 0.0595 e. The number of halogens is 2. The molecule has 2 atom stereocenters. The van der Waals surface area contributed by atoms with Crippen LogP contribution in [0.2, 0.25) is 10.0 Å². The van der Waals surface area contributed by atoms with E-state index in [-0.39, 0.29) is 5.41 Å². The molecule has 0 aromatic heterocycles. The summed E-state index contributed by atoms with van der Waals surface area (Å²) in [5.74, 6) is 0. The molecule has 1 fully saturated rings. The predicted molar refractivity (Wildman–Crippen MR) is 81.3 cm³/mol. The molecule has 1 aliphatic carbocycles. The predicted octanol–water partition coefficient (Wildman–Crippen LogP) is 4.04. The molecule has 0 aliphatic heterocycles. The normalized spacial score (nSPS) is 27.5. The number of benzene rings is 1. The minimum Gasteiger partial charge on any atom is -0.381 e. The minimum absolute atomic E-state index is 0.0991. The smallest absolute Gasteiger partial charge is 0.0595 e. The van der Waals surface area contributed by atoms with E-state index in [9.17, 15) is 0 Å². The van der Waals surface area contributed by atoms with Crippen LogP contribution in [0.15, 0.2) is 18.2 Å². The van der Waals surface area contributed by atoms with Crippen LogP contribution in [0.3, 0.4) is 0 Å². The van der Waals surface area contributed by atoms with Gasteiger partial charge in [0.05, 0.1) is 16.1 Å². The fraction of sp³-hybridized carbons (Fsp3) is 0.600. The first-order chi connectivity index (χ1) is 9.11. The van der Waals surface area contributed by atoms with E-state index in [1.807, 2.05) is 19.2 Å². The van der Waals surface area contributed by atoms with Gasteiger partial charge < -0.3 is 10.1 Å². The summed E-state index contributed by atoms with van der Waals surface area (Å²) in [6.45, 7) is 0.935. The van der Waals surface area contributed by atoms with Gasteiger partial charge in [0.25, 0.3) is 0 Å². The second kappa shape index (κ2) is 6.45. The van der Waals surface area contributed by atoms with Gasteiger partial charge >= 0.3 is 0 Å². The van der Waals surface area contributed by atoms with Gasteiger partial charge in [0, 0.05) is 19.1 Å². The third-order valence-corrected chi connectivity index (χ3v) is 4.92. The van der Waals surface area contributed by atoms with Gasteiger partial charge in [0.2, 0.25) is 0 Å². The molecule has 0 spiro atoms. The summed E-state index contributed by atoms with van der Waals surface area (Å²) in [7, 11) is 3.80. The van der Waals surface area contributed by atoms with Gasteiger partial charge in [0.1, 0.15) is 0 Å². The lowest BCUT2D eigenvalue weighted by molar-refractivity contribution is 0.0395. The maximum absolute atomic E-state index is 6.18. The lowest BCUT2D eigenvalue weighted by Crippen LogP contribution is -2.43. The van der Waals surface area contributed by atoms with Crippen molar-refractivity contribution in [3.8, 4) is 0 Å². The van der Waals surface area contributed by atoms with E-state index in [0.29, 0.717) is 16.1 Å². The van der Waals surface area contributed by atoms with Gasteiger partial charge in [-0.15, -0.1) is 0 Å². The zero-order chi connectivity index (χ0) is 13.9. The molecule has 0 saturated heterocycles. The Morgan fingerprint density at radius 3 is 2.79 bits per heavy atom. The third kappa shape index (κ3) is 3.25. The maximum atomic E-state index is 6.18. The van der Waals surface area contributed by atoms with Crippen molar-refractivity contribution in [2.45, 2.75) is 37.2 Å². The van der Waals surface area contributed by atoms with Crippen LogP contribution in [0.1, 0.15) is 31.2 Å². The molecule has 1 saturated carbocycles. The fourth-order valence-corrected chi connectivity index (χ4v) is 3.50. The Kier molecular flexibility index (Phi) is 5.13. The first kappa shape index (κ1) is 15.1. The average Bonchev–Trinajstić information content (AvgIpc) is 2.42. The summed E-state index contributed by atoms with van der Waals surface area (Å²) >= 11 is 12.2. The summed E-state index contributed by atoms with van der Waals surface area (Å²) in [6.07, 6.45) is 4.84. The van der Waals surface area contributed by atoms with Crippen molar-refractivity contribution in [1.82, 2.24) is 5.32 Å². The van der Waals surface area contributed by atoms with Crippen LogP contribution in [0.25, 0.3) is 0 Å². The summed E-state index contributed by atoms with van der Waals surface area (Å²) < 4.78 is 5.58. The second-order valence-electron chi connectivity index (χ2n) is 5.39. The van der Waals surface area contributed by atoms with Crippen molar-refractivity contribution in [2.75, 3.05) is 20.7 Å². The highest BCUT2D eigenvalue weighted by atomic mass is 35.5. The Morgan fingerprint density at radius 1 is 1.37 bits per heavy atom. The molecule has 1 aromatic rings. The van der Waals surface area contributed by atoms with E-state index in [2.05, 4.69) is 11.4 Å². The summed E-state index contributed by atoms with van der Waals surface area (Å²) in [5.41, 5.74) is 1.36. The molecular formula is C15H21Cl2NO. The van der Waals surface area contributed by atoms with E-state index in [1.165, 1.54) is 12.0 Å². The van der Waals surface area contributed by atoms with Gasteiger partial charge in [-0.05, 0) is 50.4 Å². The van der Waals surface area contributed by atoms with Crippen LogP contribution in [-0.4, -0.2) is 26.8 Å². The molecule has 1 N–H and O–H groups in total. The van der Waals surface area contributed by atoms with Crippen LogP contribution < -0.4 is 5.32 Å². The fourth-order valence-electron chi connectivity index (χ4n) is 3.20. The highest BCUT2D eigenvalue weighted by Crippen LogP contribution is 2.41. The monoisotopic (exact) mass is 301 g/mol. The van der Waals surface area contributed by atoms with Crippen molar-refractivity contribution in [2.24, 2.45) is 0 Å². The van der Waals surface area contributed by atoms with Crippen molar-refractivity contribution in [3.63, 3.8) is 0 Å². The van der Waals surface area contributed by atoms with Gasteiger partial charge in [-0.2, -0.15) is 0 Å². The quantitative estimate of drug-likeness (QED) is 0.906. The molecule has 19 heavy (non-hydrogen) atoms. The largest absolute Gasteiger partial charge is 0.381 e. The molecule has 0 radical (unpaired) electrons. The van der Waals surface area contributed by atoms with Crippen LogP contribution in [-0.2, 0) is 10.2 Å². The van der Waals surface area contributed by atoms with E-state index in [1.54, 1.807) is 7.11 Å². The van der Waals surface area contributed by atoms with Crippen molar-refractivity contribution in [1.29, 1.82) is 0 Å². The standard InChI is InChI=1S/C15H21Cl2NO/c1-18-10-15(7-3-4-12(9-15)19-2)11-5-6-13(16)14(17)8-11/h5-6,8,12,18H,3-4,7,9-10H2,1-2H3. The van der Waals surface area contributed by atoms with E-state index < -0.39 is 0 Å². The van der Waals surface area contributed by atoms with E-state index in [4.69, 9.17) is 27.9 Å². The molecule has 2 nitrogen and oxygen atoms in total. The lowest BCUT2D eigenvalue weighted by Gasteiger charge is -2.41. The number of rotatable bonds is 4. The van der Waals surface area contributed by atoms with Crippen molar-refractivity contribution >= 4 is 23.2 Å². The number of hydrogen-bond donors (Lipinski definition) is 1. The van der Waals surface area contributed by atoms with Crippen LogP contribution in [0.5, 0.6) is 0 Å². The summed E-state index contributed by atoms with van der Waals surface area (Å²) in [4.78, 5) is 0. The highest BCUT2D eigenvalue weighted by Gasteiger charge is 2.37. The van der Waals surface area contributed by atoms with Gasteiger partial charge in [-0.1, -0.05) is 29.3 Å². The van der Waals surface area contributed by atoms with Gasteiger partial charge in [-0.3, -0.25) is 0 Å². The Morgan fingerprint density at radius 2 is 2.16 bits per heavy atom. The molecule has 0 heterocycles. The summed E-state index contributed by atoms with van der Waals surface area (Å²) in [5, 5.41) is 4.57. The molecule has 2 rings (SSSR count). The zero-order valence-electron chi connectivity index (χ0n) is 11.5. The first-order valence-electron chi connectivity index (χ1n) is 6.74. The van der Waals surface area contributed by atoms with E-state index in [0.717, 1.165) is 25.8 Å². The summed E-state index contributed by atoms with van der Waals surface area (Å²) in [6, 6.07) is 6.01. The third-order valence-electron chi connectivity index (χ3n) is 4.18. The molecular weight excluding hydrogens is 281 g/mol. The first-order valence-corrected chi connectivity index (χ1v) is 7.50. The molecule has 1 aromatic carbocycles.